The highest BCUT2D eigenvalue weighted by atomic mass is 16.4. The van der Waals surface area contributed by atoms with Gasteiger partial charge in [-0.05, 0) is 29.9 Å². The van der Waals surface area contributed by atoms with Crippen molar-refractivity contribution in [3.63, 3.8) is 0 Å². The van der Waals surface area contributed by atoms with Gasteiger partial charge in [0, 0.05) is 0 Å². The summed E-state index contributed by atoms with van der Waals surface area (Å²) < 4.78 is 0. The van der Waals surface area contributed by atoms with Crippen molar-refractivity contribution >= 4 is 11.9 Å². The van der Waals surface area contributed by atoms with Gasteiger partial charge in [0.05, 0.1) is 11.8 Å². The number of rotatable bonds is 6. The first-order valence-electron chi connectivity index (χ1n) is 7.22. The quantitative estimate of drug-likeness (QED) is 0.839. The largest absolute Gasteiger partial charge is 0.481 e. The molecule has 0 bridgehead atoms. The van der Waals surface area contributed by atoms with Crippen LogP contribution < -0.4 is 0 Å². The first-order chi connectivity index (χ1) is 9.66. The lowest BCUT2D eigenvalue weighted by atomic mass is 9.78. The zero-order chi connectivity index (χ0) is 16.3. The van der Waals surface area contributed by atoms with Gasteiger partial charge in [-0.25, -0.2) is 0 Å². The van der Waals surface area contributed by atoms with Crippen molar-refractivity contribution in [1.29, 1.82) is 0 Å². The van der Waals surface area contributed by atoms with Gasteiger partial charge >= 0.3 is 11.9 Å². The van der Waals surface area contributed by atoms with E-state index in [1.807, 2.05) is 46.8 Å². The van der Waals surface area contributed by atoms with E-state index in [2.05, 4.69) is 0 Å². The molecule has 0 spiro atoms. The normalized spacial score (nSPS) is 14.2. The first kappa shape index (κ1) is 17.2. The third kappa shape index (κ3) is 3.84. The van der Waals surface area contributed by atoms with Crippen molar-refractivity contribution in [2.24, 2.45) is 11.8 Å². The standard InChI is InChI=1S/C17H24O4/c1-9(2)14(16(18)19)12-7-6-11(5)8-13(12)15(10(3)4)17(20)21/h6-10,14-15H,1-5H3,(H,18,19)(H,20,21). The molecule has 0 aliphatic rings. The summed E-state index contributed by atoms with van der Waals surface area (Å²) in [5.41, 5.74) is 2.18. The van der Waals surface area contributed by atoms with Crippen molar-refractivity contribution in [2.45, 2.75) is 46.5 Å². The third-order valence-corrected chi connectivity index (χ3v) is 3.78. The molecular weight excluding hydrogens is 268 g/mol. The molecule has 0 saturated heterocycles. The fraction of sp³-hybridized carbons (Fsp3) is 0.529. The first-order valence-corrected chi connectivity index (χ1v) is 7.22. The van der Waals surface area contributed by atoms with Gasteiger partial charge in [0.2, 0.25) is 0 Å². The molecule has 4 nitrogen and oxygen atoms in total. The highest BCUT2D eigenvalue weighted by molar-refractivity contribution is 5.81. The molecule has 21 heavy (non-hydrogen) atoms. The van der Waals surface area contributed by atoms with Crippen LogP contribution in [-0.4, -0.2) is 22.2 Å². The van der Waals surface area contributed by atoms with E-state index < -0.39 is 23.8 Å². The lowest BCUT2D eigenvalue weighted by Gasteiger charge is -2.25. The summed E-state index contributed by atoms with van der Waals surface area (Å²) >= 11 is 0. The van der Waals surface area contributed by atoms with E-state index in [4.69, 9.17) is 0 Å². The fourth-order valence-corrected chi connectivity index (χ4v) is 2.80. The van der Waals surface area contributed by atoms with Crippen LogP contribution in [0.5, 0.6) is 0 Å². The van der Waals surface area contributed by atoms with Gasteiger partial charge in [0.25, 0.3) is 0 Å². The molecule has 2 unspecified atom stereocenters. The minimum absolute atomic E-state index is 0.106. The van der Waals surface area contributed by atoms with E-state index >= 15 is 0 Å². The Balaban J connectivity index is 3.53. The van der Waals surface area contributed by atoms with Gasteiger partial charge in [-0.2, -0.15) is 0 Å². The number of aryl methyl sites for hydroxylation is 1. The molecule has 0 radical (unpaired) electrons. The van der Waals surface area contributed by atoms with Gasteiger partial charge in [-0.3, -0.25) is 9.59 Å². The Morgan fingerprint density at radius 3 is 1.67 bits per heavy atom. The minimum atomic E-state index is -0.914. The second-order valence-electron chi connectivity index (χ2n) is 6.25. The Labute approximate surface area is 125 Å². The fourth-order valence-electron chi connectivity index (χ4n) is 2.80. The van der Waals surface area contributed by atoms with Crippen molar-refractivity contribution in [3.05, 3.63) is 34.9 Å². The van der Waals surface area contributed by atoms with Crippen LogP contribution in [0.1, 0.15) is 56.2 Å². The van der Waals surface area contributed by atoms with Crippen molar-refractivity contribution in [3.8, 4) is 0 Å². The van der Waals surface area contributed by atoms with E-state index in [9.17, 15) is 19.8 Å². The molecule has 0 amide bonds. The van der Waals surface area contributed by atoms with Crippen molar-refractivity contribution in [2.75, 3.05) is 0 Å². The molecule has 0 aliphatic carbocycles. The number of hydrogen-bond acceptors (Lipinski definition) is 2. The number of carbonyl (C=O) groups is 2. The maximum atomic E-state index is 11.6. The Morgan fingerprint density at radius 2 is 1.29 bits per heavy atom. The van der Waals surface area contributed by atoms with E-state index in [0.29, 0.717) is 11.1 Å². The molecule has 1 aromatic rings. The number of aliphatic carboxylic acids is 2. The summed E-state index contributed by atoms with van der Waals surface area (Å²) in [5, 5.41) is 19.0. The summed E-state index contributed by atoms with van der Waals surface area (Å²) in [6, 6.07) is 5.42. The Morgan fingerprint density at radius 1 is 0.857 bits per heavy atom. The number of hydrogen-bond donors (Lipinski definition) is 2. The lowest BCUT2D eigenvalue weighted by Crippen LogP contribution is -2.24. The predicted octanol–water partition coefficient (Wildman–Crippen LogP) is 3.64. The molecule has 0 aromatic heterocycles. The molecule has 0 heterocycles. The summed E-state index contributed by atoms with van der Waals surface area (Å²) in [4.78, 5) is 23.2. The Bertz CT molecular complexity index is 532. The smallest absolute Gasteiger partial charge is 0.311 e. The van der Waals surface area contributed by atoms with Crippen LogP contribution in [0.25, 0.3) is 0 Å². The zero-order valence-corrected chi connectivity index (χ0v) is 13.3. The van der Waals surface area contributed by atoms with Crippen LogP contribution in [0.3, 0.4) is 0 Å². The molecule has 2 N–H and O–H groups in total. The van der Waals surface area contributed by atoms with Crippen LogP contribution in [-0.2, 0) is 9.59 Å². The maximum Gasteiger partial charge on any atom is 0.311 e. The Hall–Kier alpha value is -1.84. The monoisotopic (exact) mass is 292 g/mol. The topological polar surface area (TPSA) is 74.6 Å². The average molecular weight is 292 g/mol. The zero-order valence-electron chi connectivity index (χ0n) is 13.3. The molecule has 4 heteroatoms. The summed E-state index contributed by atoms with van der Waals surface area (Å²) in [6.07, 6.45) is 0. The maximum absolute atomic E-state index is 11.6. The predicted molar refractivity (Wildman–Crippen MR) is 81.6 cm³/mol. The van der Waals surface area contributed by atoms with Crippen LogP contribution in [0.15, 0.2) is 18.2 Å². The average Bonchev–Trinajstić information content (AvgIpc) is 2.30. The summed E-state index contributed by atoms with van der Waals surface area (Å²) in [7, 11) is 0. The molecule has 0 saturated carbocycles. The summed E-state index contributed by atoms with van der Waals surface area (Å²) in [5.74, 6) is -3.43. The number of carboxylic acids is 2. The third-order valence-electron chi connectivity index (χ3n) is 3.78. The van der Waals surface area contributed by atoms with Gasteiger partial charge in [-0.1, -0.05) is 51.5 Å². The van der Waals surface area contributed by atoms with Gasteiger partial charge in [0.15, 0.2) is 0 Å². The number of benzene rings is 1. The van der Waals surface area contributed by atoms with Crippen LogP contribution in [0.4, 0.5) is 0 Å². The van der Waals surface area contributed by atoms with E-state index in [1.54, 1.807) is 6.07 Å². The minimum Gasteiger partial charge on any atom is -0.481 e. The van der Waals surface area contributed by atoms with Crippen LogP contribution in [0.2, 0.25) is 0 Å². The van der Waals surface area contributed by atoms with Crippen molar-refractivity contribution < 1.29 is 19.8 Å². The lowest BCUT2D eigenvalue weighted by molar-refractivity contribution is -0.141. The molecular formula is C17H24O4. The van der Waals surface area contributed by atoms with Gasteiger partial charge in [-0.15, -0.1) is 0 Å². The Kier molecular flexibility index (Phi) is 5.53. The van der Waals surface area contributed by atoms with E-state index in [-0.39, 0.29) is 11.8 Å². The summed E-state index contributed by atoms with van der Waals surface area (Å²) in [6.45, 7) is 9.25. The number of carboxylic acid groups (broad SMARTS) is 2. The highest BCUT2D eigenvalue weighted by Crippen LogP contribution is 2.35. The molecule has 1 rings (SSSR count). The van der Waals surface area contributed by atoms with Crippen LogP contribution >= 0.6 is 0 Å². The highest BCUT2D eigenvalue weighted by Gasteiger charge is 2.32. The second-order valence-corrected chi connectivity index (χ2v) is 6.25. The molecule has 1 aromatic carbocycles. The van der Waals surface area contributed by atoms with E-state index in [1.165, 1.54) is 0 Å². The second kappa shape index (κ2) is 6.74. The molecule has 0 fully saturated rings. The molecule has 2 atom stereocenters. The van der Waals surface area contributed by atoms with Crippen molar-refractivity contribution in [1.82, 2.24) is 0 Å². The SMILES string of the molecule is Cc1ccc(C(C(=O)O)C(C)C)c(C(C(=O)O)C(C)C)c1. The van der Waals surface area contributed by atoms with Gasteiger partial charge in [0.1, 0.15) is 0 Å². The van der Waals surface area contributed by atoms with Gasteiger partial charge < -0.3 is 10.2 Å². The van der Waals surface area contributed by atoms with E-state index in [0.717, 1.165) is 5.56 Å². The molecule has 0 aliphatic heterocycles. The molecule has 116 valence electrons. The van der Waals surface area contributed by atoms with Crippen LogP contribution in [0, 0.1) is 18.8 Å².